The van der Waals surface area contributed by atoms with Crippen molar-refractivity contribution in [3.63, 3.8) is 0 Å². The second-order valence-corrected chi connectivity index (χ2v) is 8.30. The minimum Gasteiger partial charge on any atom is -0.550 e. The number of hydrogen-bond donors (Lipinski definition) is 0. The highest BCUT2D eigenvalue weighted by molar-refractivity contribution is 6.22. The molecule has 0 saturated heterocycles. The summed E-state index contributed by atoms with van der Waals surface area (Å²) in [7, 11) is 2.10. The Bertz CT molecular complexity index is 1360. The Morgan fingerprint density at radius 3 is 2.03 bits per heavy atom. The van der Waals surface area contributed by atoms with E-state index >= 15 is 0 Å². The highest BCUT2D eigenvalue weighted by Gasteiger charge is 2.31. The first-order valence-corrected chi connectivity index (χ1v) is 11.9. The molecule has 0 N–H and O–H groups in total. The van der Waals surface area contributed by atoms with E-state index in [4.69, 9.17) is 14.6 Å². The van der Waals surface area contributed by atoms with Gasteiger partial charge in [-0.3, -0.25) is 0 Å². The number of hydrogen-bond acceptors (Lipinski definition) is 4. The molecule has 0 bridgehead atoms. The van der Waals surface area contributed by atoms with E-state index in [1.807, 2.05) is 19.1 Å². The molecule has 0 aromatic heterocycles. The van der Waals surface area contributed by atoms with E-state index in [9.17, 15) is 0 Å². The number of carbonyl (C=O) groups is 1. The van der Waals surface area contributed by atoms with Crippen molar-refractivity contribution in [1.82, 2.24) is 0 Å². The highest BCUT2D eigenvalue weighted by Crippen LogP contribution is 2.37. The van der Waals surface area contributed by atoms with E-state index in [-0.39, 0.29) is 0 Å². The molecule has 0 aliphatic carbocycles. The van der Waals surface area contributed by atoms with E-state index in [2.05, 4.69) is 96.2 Å². The Morgan fingerprint density at radius 1 is 0.886 bits per heavy atom. The van der Waals surface area contributed by atoms with E-state index in [1.54, 1.807) is 0 Å². The van der Waals surface area contributed by atoms with Crippen molar-refractivity contribution >= 4 is 39.5 Å². The van der Waals surface area contributed by atoms with Crippen LogP contribution in [-0.2, 0) is 4.79 Å². The van der Waals surface area contributed by atoms with Crippen molar-refractivity contribution in [2.45, 2.75) is 20.8 Å². The molecule has 0 amide bonds. The summed E-state index contributed by atoms with van der Waals surface area (Å²) in [6.07, 6.45) is 0. The summed E-state index contributed by atoms with van der Waals surface area (Å²) < 4.78 is 8.00. The molecular weight excluding hydrogens is 436 g/mol. The molecule has 0 fully saturated rings. The van der Waals surface area contributed by atoms with Crippen LogP contribution in [0.5, 0.6) is 5.75 Å². The van der Waals surface area contributed by atoms with Gasteiger partial charge in [-0.15, -0.1) is 0 Å². The standard InChI is InChI=1S/C28H27N2O.C2H4O2/c1-4-30-26-11-7-9-20-8-6-10-25(27(20)26)28(30)21-12-14-22(15-13-21)29(3)23-16-18-24(19-17-23)31-5-2;1-2(3)4/h6-19H,4-5H2,1-3H3;1H3,(H,3,4)/q+1;/p-1. The number of aliphatic carboxylic acids is 1. The lowest BCUT2D eigenvalue weighted by atomic mass is 9.98. The van der Waals surface area contributed by atoms with Crippen LogP contribution in [0.2, 0.25) is 0 Å². The maximum atomic E-state index is 8.89. The molecule has 5 heteroatoms. The third-order valence-corrected chi connectivity index (χ3v) is 6.08. The Hall–Kier alpha value is -4.12. The van der Waals surface area contributed by atoms with E-state index in [0.29, 0.717) is 6.61 Å². The Morgan fingerprint density at radius 2 is 1.46 bits per heavy atom. The maximum Gasteiger partial charge on any atom is 0.221 e. The number of rotatable bonds is 6. The predicted octanol–water partition coefficient (Wildman–Crippen LogP) is 5.28. The number of carbonyl (C=O) groups excluding carboxylic acids is 1. The maximum absolute atomic E-state index is 8.89. The van der Waals surface area contributed by atoms with E-state index < -0.39 is 5.97 Å². The fraction of sp³-hybridized carbons (Fsp3) is 0.200. The highest BCUT2D eigenvalue weighted by atomic mass is 16.5. The lowest BCUT2D eigenvalue weighted by Crippen LogP contribution is -2.16. The van der Waals surface area contributed by atoms with Gasteiger partial charge in [0.1, 0.15) is 12.3 Å². The van der Waals surface area contributed by atoms with Gasteiger partial charge in [-0.1, -0.05) is 24.3 Å². The zero-order valence-corrected chi connectivity index (χ0v) is 20.6. The summed E-state index contributed by atoms with van der Waals surface area (Å²) >= 11 is 0. The lowest BCUT2D eigenvalue weighted by molar-refractivity contribution is -0.431. The van der Waals surface area contributed by atoms with Crippen LogP contribution in [0.4, 0.5) is 17.1 Å². The second kappa shape index (κ2) is 10.4. The van der Waals surface area contributed by atoms with Crippen molar-refractivity contribution in [3.8, 4) is 5.75 Å². The molecular formula is C30H30N2O3. The van der Waals surface area contributed by atoms with Crippen molar-refractivity contribution in [2.24, 2.45) is 0 Å². The number of nitrogens with zero attached hydrogens (tertiary/aromatic N) is 2. The molecule has 5 rings (SSSR count). The summed E-state index contributed by atoms with van der Waals surface area (Å²) in [5.41, 5.74) is 7.46. The van der Waals surface area contributed by atoms with Crippen LogP contribution in [-0.4, -0.2) is 36.5 Å². The van der Waals surface area contributed by atoms with Gasteiger partial charge in [0.15, 0.2) is 0 Å². The first-order valence-electron chi connectivity index (χ1n) is 11.9. The Labute approximate surface area is 206 Å². The molecule has 1 aliphatic rings. The van der Waals surface area contributed by atoms with Gasteiger partial charge >= 0.3 is 0 Å². The summed E-state index contributed by atoms with van der Waals surface area (Å²) in [5.74, 6) is -0.180. The minimum absolute atomic E-state index is 0.682. The second-order valence-electron chi connectivity index (χ2n) is 8.30. The van der Waals surface area contributed by atoms with Crippen molar-refractivity contribution in [2.75, 3.05) is 25.1 Å². The average Bonchev–Trinajstić information content (AvgIpc) is 3.19. The Balaban J connectivity index is 0.000000672. The van der Waals surface area contributed by atoms with Gasteiger partial charge in [-0.2, -0.15) is 4.58 Å². The molecule has 0 saturated carbocycles. The van der Waals surface area contributed by atoms with E-state index in [1.165, 1.54) is 33.3 Å². The average molecular weight is 467 g/mol. The monoisotopic (exact) mass is 466 g/mol. The largest absolute Gasteiger partial charge is 0.550 e. The van der Waals surface area contributed by atoms with Crippen molar-refractivity contribution in [3.05, 3.63) is 96.1 Å². The van der Waals surface area contributed by atoms with Gasteiger partial charge in [-0.25, -0.2) is 0 Å². The topological polar surface area (TPSA) is 55.6 Å². The van der Waals surface area contributed by atoms with Crippen LogP contribution in [0, 0.1) is 0 Å². The number of carboxylic acids is 1. The molecule has 0 spiro atoms. The zero-order chi connectivity index (χ0) is 24.9. The van der Waals surface area contributed by atoms with Crippen LogP contribution < -0.4 is 14.7 Å². The quantitative estimate of drug-likeness (QED) is 0.363. The molecule has 0 radical (unpaired) electrons. The minimum atomic E-state index is -1.08. The van der Waals surface area contributed by atoms with Crippen molar-refractivity contribution < 1.29 is 19.2 Å². The molecule has 4 aromatic rings. The summed E-state index contributed by atoms with van der Waals surface area (Å²) in [5, 5.41) is 11.5. The number of benzene rings is 4. The summed E-state index contributed by atoms with van der Waals surface area (Å²) in [6.45, 7) is 6.82. The number of anilines is 2. The molecule has 5 nitrogen and oxygen atoms in total. The van der Waals surface area contributed by atoms with Crippen LogP contribution in [0.1, 0.15) is 31.9 Å². The normalized spacial score (nSPS) is 11.8. The number of carboxylic acid groups (broad SMARTS) is 1. The SMILES string of the molecule is CC(=O)[O-].CCOc1ccc(N(C)c2ccc(C3=[N+](CC)c4cccc5cccc3c45)cc2)cc1. The third-order valence-electron chi connectivity index (χ3n) is 6.08. The molecule has 178 valence electrons. The zero-order valence-electron chi connectivity index (χ0n) is 20.6. The molecule has 35 heavy (non-hydrogen) atoms. The van der Waals surface area contributed by atoms with Gasteiger partial charge in [-0.05, 0) is 80.8 Å². The van der Waals surface area contributed by atoms with Gasteiger partial charge in [0.05, 0.1) is 17.6 Å². The van der Waals surface area contributed by atoms with Crippen LogP contribution in [0.15, 0.2) is 84.9 Å². The molecule has 0 atom stereocenters. The summed E-state index contributed by atoms with van der Waals surface area (Å²) in [6, 6.07) is 30.3. The smallest absolute Gasteiger partial charge is 0.221 e. The van der Waals surface area contributed by atoms with Gasteiger partial charge in [0.25, 0.3) is 0 Å². The lowest BCUT2D eigenvalue weighted by Gasteiger charge is -2.20. The third kappa shape index (κ3) is 4.90. The van der Waals surface area contributed by atoms with Crippen molar-refractivity contribution in [1.29, 1.82) is 0 Å². The van der Waals surface area contributed by atoms with Crippen LogP contribution in [0.3, 0.4) is 0 Å². The van der Waals surface area contributed by atoms with Crippen LogP contribution in [0.25, 0.3) is 10.8 Å². The molecule has 1 heterocycles. The van der Waals surface area contributed by atoms with Crippen LogP contribution >= 0.6 is 0 Å². The fourth-order valence-electron chi connectivity index (χ4n) is 4.57. The molecule has 1 aliphatic heterocycles. The molecule has 0 unspecified atom stereocenters. The van der Waals surface area contributed by atoms with Gasteiger partial charge < -0.3 is 19.5 Å². The molecule has 4 aromatic carbocycles. The summed E-state index contributed by atoms with van der Waals surface area (Å²) in [4.78, 5) is 11.1. The first-order chi connectivity index (χ1) is 16.9. The Kier molecular flexibility index (Phi) is 7.16. The predicted molar refractivity (Wildman–Crippen MR) is 140 cm³/mol. The van der Waals surface area contributed by atoms with Gasteiger partial charge in [0.2, 0.25) is 11.4 Å². The van der Waals surface area contributed by atoms with Gasteiger partial charge in [0, 0.05) is 36.0 Å². The first kappa shape index (κ1) is 24.0. The fourth-order valence-corrected chi connectivity index (χ4v) is 4.57. The van der Waals surface area contributed by atoms with E-state index in [0.717, 1.165) is 30.6 Å². The number of ether oxygens (including phenoxy) is 1.